The Morgan fingerprint density at radius 1 is 1.20 bits per heavy atom. The molecule has 2 rings (SSSR count). The van der Waals surface area contributed by atoms with Gasteiger partial charge in [-0.1, -0.05) is 30.3 Å². The number of nitrogens with zero attached hydrogens (tertiary/aromatic N) is 1. The molecule has 0 aromatic heterocycles. The zero-order chi connectivity index (χ0) is 18.1. The number of carbonyl (C=O) groups excluding carboxylic acids is 1. The molecule has 4 N–H and O–H groups in total. The number of amides is 2. The number of likely N-dealkylation sites (tertiary alicyclic amines) is 1. The van der Waals surface area contributed by atoms with E-state index in [1.54, 1.807) is 0 Å². The highest BCUT2D eigenvalue weighted by molar-refractivity contribution is 5.67. The Balaban J connectivity index is 1.55. The van der Waals surface area contributed by atoms with E-state index in [1.807, 2.05) is 30.3 Å². The van der Waals surface area contributed by atoms with Gasteiger partial charge in [0.1, 0.15) is 6.61 Å². The number of piperidine rings is 1. The van der Waals surface area contributed by atoms with Gasteiger partial charge in [-0.15, -0.1) is 0 Å². The summed E-state index contributed by atoms with van der Waals surface area (Å²) in [5, 5.41) is 24.5. The van der Waals surface area contributed by atoms with Crippen molar-refractivity contribution in [2.24, 2.45) is 0 Å². The van der Waals surface area contributed by atoms with Crippen LogP contribution in [0, 0.1) is 0 Å². The minimum absolute atomic E-state index is 0.0919. The molecule has 1 heterocycles. The van der Waals surface area contributed by atoms with Crippen molar-refractivity contribution in [1.29, 1.82) is 0 Å². The lowest BCUT2D eigenvalue weighted by atomic mass is 10.1. The molecule has 0 saturated carbocycles. The van der Waals surface area contributed by atoms with Crippen molar-refractivity contribution in [2.75, 3.05) is 26.2 Å². The molecule has 25 heavy (non-hydrogen) atoms. The van der Waals surface area contributed by atoms with E-state index in [0.29, 0.717) is 32.5 Å². The summed E-state index contributed by atoms with van der Waals surface area (Å²) in [5.74, 6) is 0. The highest BCUT2D eigenvalue weighted by Gasteiger charge is 2.22. The monoisotopic (exact) mass is 351 g/mol. The first-order valence-corrected chi connectivity index (χ1v) is 8.38. The second-order valence-electron chi connectivity index (χ2n) is 6.05. The van der Waals surface area contributed by atoms with Crippen LogP contribution >= 0.6 is 0 Å². The Labute approximate surface area is 146 Å². The Morgan fingerprint density at radius 3 is 2.52 bits per heavy atom. The number of aliphatic hydroxyl groups is 1. The first kappa shape index (κ1) is 19.0. The van der Waals surface area contributed by atoms with E-state index in [9.17, 15) is 14.7 Å². The molecule has 0 radical (unpaired) electrons. The topological polar surface area (TPSA) is 111 Å². The average Bonchev–Trinajstić information content (AvgIpc) is 2.64. The van der Waals surface area contributed by atoms with Gasteiger partial charge in [0, 0.05) is 32.2 Å². The number of benzene rings is 1. The zero-order valence-electron chi connectivity index (χ0n) is 14.1. The van der Waals surface area contributed by atoms with Crippen LogP contribution in [0.1, 0.15) is 18.4 Å². The summed E-state index contributed by atoms with van der Waals surface area (Å²) >= 11 is 0. The van der Waals surface area contributed by atoms with Crippen LogP contribution in [-0.2, 0) is 11.3 Å². The van der Waals surface area contributed by atoms with Crippen LogP contribution in [0.25, 0.3) is 0 Å². The Hall–Kier alpha value is -2.32. The van der Waals surface area contributed by atoms with Crippen LogP contribution in [0.3, 0.4) is 0 Å². The first-order chi connectivity index (χ1) is 12.0. The minimum atomic E-state index is -0.892. The summed E-state index contributed by atoms with van der Waals surface area (Å²) in [7, 11) is 0. The van der Waals surface area contributed by atoms with Gasteiger partial charge in [0.25, 0.3) is 0 Å². The number of hydrogen-bond acceptors (Lipinski definition) is 5. The number of ether oxygens (including phenoxy) is 1. The van der Waals surface area contributed by atoms with Crippen molar-refractivity contribution in [1.82, 2.24) is 15.5 Å². The normalized spacial score (nSPS) is 16.3. The van der Waals surface area contributed by atoms with Gasteiger partial charge in [-0.05, 0) is 18.4 Å². The van der Waals surface area contributed by atoms with Crippen molar-refractivity contribution in [3.05, 3.63) is 35.9 Å². The molecule has 138 valence electrons. The molecule has 0 unspecified atom stereocenters. The van der Waals surface area contributed by atoms with Crippen molar-refractivity contribution in [3.8, 4) is 0 Å². The predicted octanol–water partition coefficient (Wildman–Crippen LogP) is 1.01. The molecular formula is C17H25N3O5. The van der Waals surface area contributed by atoms with Gasteiger partial charge in [-0.25, -0.2) is 9.59 Å². The predicted molar refractivity (Wildman–Crippen MR) is 91.3 cm³/mol. The third-order valence-corrected chi connectivity index (χ3v) is 4.10. The summed E-state index contributed by atoms with van der Waals surface area (Å²) < 4.78 is 5.06. The maximum atomic E-state index is 11.6. The van der Waals surface area contributed by atoms with Crippen LogP contribution in [0.5, 0.6) is 0 Å². The van der Waals surface area contributed by atoms with Crippen molar-refractivity contribution in [3.63, 3.8) is 0 Å². The minimum Gasteiger partial charge on any atom is -0.465 e. The van der Waals surface area contributed by atoms with E-state index in [1.165, 1.54) is 4.90 Å². The second-order valence-corrected chi connectivity index (χ2v) is 6.05. The summed E-state index contributed by atoms with van der Waals surface area (Å²) in [5.41, 5.74) is 0.896. The third kappa shape index (κ3) is 6.98. The fourth-order valence-corrected chi connectivity index (χ4v) is 2.63. The molecule has 1 saturated heterocycles. The lowest BCUT2D eigenvalue weighted by molar-refractivity contribution is 0.117. The van der Waals surface area contributed by atoms with Crippen LogP contribution in [-0.4, -0.2) is 65.6 Å². The highest BCUT2D eigenvalue weighted by Crippen LogP contribution is 2.10. The van der Waals surface area contributed by atoms with Gasteiger partial charge >= 0.3 is 12.2 Å². The molecule has 1 fully saturated rings. The van der Waals surface area contributed by atoms with Gasteiger partial charge < -0.3 is 30.5 Å². The Bertz CT molecular complexity index is 546. The van der Waals surface area contributed by atoms with E-state index in [2.05, 4.69) is 10.6 Å². The number of nitrogens with one attached hydrogen (secondary N) is 2. The Morgan fingerprint density at radius 2 is 1.88 bits per heavy atom. The van der Waals surface area contributed by atoms with Crippen LogP contribution < -0.4 is 10.6 Å². The van der Waals surface area contributed by atoms with Crippen LogP contribution in [0.2, 0.25) is 0 Å². The molecular weight excluding hydrogens is 326 g/mol. The largest absolute Gasteiger partial charge is 0.465 e. The van der Waals surface area contributed by atoms with Crippen molar-refractivity contribution < 1.29 is 24.5 Å². The van der Waals surface area contributed by atoms with Crippen LogP contribution in [0.15, 0.2) is 30.3 Å². The number of alkyl carbamates (subject to hydrolysis) is 1. The van der Waals surface area contributed by atoms with Crippen molar-refractivity contribution in [2.45, 2.75) is 31.6 Å². The van der Waals surface area contributed by atoms with Gasteiger partial charge in [-0.3, -0.25) is 0 Å². The molecule has 1 aliphatic heterocycles. The number of aliphatic hydroxyl groups excluding tert-OH is 1. The Kier molecular flexibility index (Phi) is 7.49. The lowest BCUT2D eigenvalue weighted by Crippen LogP contribution is -2.47. The number of carboxylic acid groups (broad SMARTS) is 1. The van der Waals surface area contributed by atoms with E-state index in [-0.39, 0.29) is 19.2 Å². The van der Waals surface area contributed by atoms with E-state index in [4.69, 9.17) is 9.84 Å². The molecule has 0 aliphatic carbocycles. The fourth-order valence-electron chi connectivity index (χ4n) is 2.63. The first-order valence-electron chi connectivity index (χ1n) is 8.38. The quantitative estimate of drug-likeness (QED) is 0.583. The van der Waals surface area contributed by atoms with Gasteiger partial charge in [-0.2, -0.15) is 0 Å². The molecule has 0 spiro atoms. The zero-order valence-corrected chi connectivity index (χ0v) is 14.1. The molecule has 0 bridgehead atoms. The number of rotatable bonds is 7. The van der Waals surface area contributed by atoms with Crippen LogP contribution in [0.4, 0.5) is 9.59 Å². The van der Waals surface area contributed by atoms with Gasteiger partial charge in [0.2, 0.25) is 0 Å². The lowest BCUT2D eigenvalue weighted by Gasteiger charge is -2.31. The van der Waals surface area contributed by atoms with E-state index in [0.717, 1.165) is 5.56 Å². The maximum Gasteiger partial charge on any atom is 0.407 e. The van der Waals surface area contributed by atoms with Gasteiger partial charge in [0.15, 0.2) is 0 Å². The summed E-state index contributed by atoms with van der Waals surface area (Å²) in [6.07, 6.45) is -0.770. The molecule has 8 heteroatoms. The third-order valence-electron chi connectivity index (χ3n) is 4.10. The smallest absolute Gasteiger partial charge is 0.407 e. The van der Waals surface area contributed by atoms with Crippen molar-refractivity contribution >= 4 is 12.2 Å². The molecule has 1 aliphatic rings. The van der Waals surface area contributed by atoms with E-state index >= 15 is 0 Å². The number of carbonyl (C=O) groups is 2. The summed E-state index contributed by atoms with van der Waals surface area (Å²) in [6, 6.07) is 9.53. The highest BCUT2D eigenvalue weighted by atomic mass is 16.5. The fraction of sp³-hybridized carbons (Fsp3) is 0.529. The number of hydrogen-bond donors (Lipinski definition) is 4. The van der Waals surface area contributed by atoms with Gasteiger partial charge in [0.05, 0.1) is 6.10 Å². The molecule has 8 nitrogen and oxygen atoms in total. The summed E-state index contributed by atoms with van der Waals surface area (Å²) in [4.78, 5) is 23.8. The maximum absolute atomic E-state index is 11.6. The molecule has 1 aromatic carbocycles. The van der Waals surface area contributed by atoms with E-state index < -0.39 is 18.3 Å². The summed E-state index contributed by atoms with van der Waals surface area (Å²) in [6.45, 7) is 1.59. The average molecular weight is 351 g/mol. The molecule has 1 atom stereocenters. The standard InChI is InChI=1S/C17H25N3O5/c21-15(10-18-14-6-8-20(9-7-14)17(23)24)11-19-16(22)25-12-13-4-2-1-3-5-13/h1-5,14-15,18,21H,6-12H2,(H,19,22)(H,23,24)/t15-/m1/s1. The second kappa shape index (κ2) is 9.85. The SMILES string of the molecule is O=C(NC[C@H](O)CNC1CCN(C(=O)O)CC1)OCc1ccccc1. The molecule has 2 amide bonds. The molecule has 1 aromatic rings.